The maximum atomic E-state index is 9.12. The second kappa shape index (κ2) is 2.67. The summed E-state index contributed by atoms with van der Waals surface area (Å²) in [6.45, 7) is 1.36. The number of benzene rings is 1. The molecule has 0 aliphatic rings. The van der Waals surface area contributed by atoms with E-state index in [4.69, 9.17) is 20.4 Å². The van der Waals surface area contributed by atoms with Crippen LogP contribution in [0, 0.1) is 6.92 Å². The number of phenols is 4. The lowest BCUT2D eigenvalue weighted by molar-refractivity contribution is 0.354. The lowest BCUT2D eigenvalue weighted by Crippen LogP contribution is -1.81. The molecular weight excluding hydrogens is 180 g/mol. The van der Waals surface area contributed by atoms with Crippen molar-refractivity contribution in [2.75, 3.05) is 0 Å². The van der Waals surface area contributed by atoms with Gasteiger partial charge < -0.3 is 20.4 Å². The summed E-state index contributed by atoms with van der Waals surface area (Å²) >= 11 is 3.68. The van der Waals surface area contributed by atoms with Crippen molar-refractivity contribution in [2.24, 2.45) is 0 Å². The van der Waals surface area contributed by atoms with Crippen LogP contribution >= 0.6 is 12.6 Å². The summed E-state index contributed by atoms with van der Waals surface area (Å²) in [6, 6.07) is 0. The Kier molecular flexibility index (Phi) is 1.97. The van der Waals surface area contributed by atoms with Gasteiger partial charge in [-0.1, -0.05) is 0 Å². The normalized spacial score (nSPS) is 10.2. The highest BCUT2D eigenvalue weighted by atomic mass is 32.1. The van der Waals surface area contributed by atoms with Crippen LogP contribution in [0.2, 0.25) is 0 Å². The third kappa shape index (κ3) is 1.02. The van der Waals surface area contributed by atoms with E-state index in [0.29, 0.717) is 0 Å². The van der Waals surface area contributed by atoms with E-state index in [2.05, 4.69) is 12.6 Å². The van der Waals surface area contributed by atoms with E-state index < -0.39 is 23.0 Å². The van der Waals surface area contributed by atoms with Crippen LogP contribution in [-0.4, -0.2) is 20.4 Å². The fourth-order valence-electron chi connectivity index (χ4n) is 0.804. The molecule has 5 heteroatoms. The highest BCUT2D eigenvalue weighted by molar-refractivity contribution is 7.80. The standard InChI is InChI=1S/C7H8O4S/c1-2-3(8)5(10)7(12)6(11)4(2)9/h8-12H,1H3. The van der Waals surface area contributed by atoms with Crippen LogP contribution < -0.4 is 0 Å². The molecule has 0 heterocycles. The van der Waals surface area contributed by atoms with Crippen LogP contribution in [0.5, 0.6) is 23.0 Å². The first-order valence-corrected chi connectivity index (χ1v) is 3.57. The predicted octanol–water partition coefficient (Wildman–Crippen LogP) is 1.11. The summed E-state index contributed by atoms with van der Waals surface area (Å²) in [4.78, 5) is -0.240. The van der Waals surface area contributed by atoms with Crippen molar-refractivity contribution in [1.29, 1.82) is 0 Å². The van der Waals surface area contributed by atoms with E-state index in [1.165, 1.54) is 6.92 Å². The molecule has 0 saturated carbocycles. The average molecular weight is 188 g/mol. The number of hydrogen-bond acceptors (Lipinski definition) is 5. The van der Waals surface area contributed by atoms with Crippen molar-refractivity contribution in [2.45, 2.75) is 11.8 Å². The highest BCUT2D eigenvalue weighted by Gasteiger charge is 2.17. The third-order valence-electron chi connectivity index (χ3n) is 1.61. The van der Waals surface area contributed by atoms with Crippen LogP contribution in [0.4, 0.5) is 0 Å². The predicted molar refractivity (Wildman–Crippen MR) is 45.1 cm³/mol. The molecule has 1 aromatic rings. The SMILES string of the molecule is Cc1c(O)c(O)c(S)c(O)c1O. The van der Waals surface area contributed by atoms with Gasteiger partial charge in [-0.15, -0.1) is 12.6 Å². The Morgan fingerprint density at radius 3 is 1.50 bits per heavy atom. The summed E-state index contributed by atoms with van der Waals surface area (Å²) in [6.07, 6.45) is 0. The van der Waals surface area contributed by atoms with Crippen LogP contribution in [0.3, 0.4) is 0 Å². The topological polar surface area (TPSA) is 80.9 Å². The summed E-state index contributed by atoms with van der Waals surface area (Å²) < 4.78 is 0. The Labute approximate surface area is 74.1 Å². The summed E-state index contributed by atoms with van der Waals surface area (Å²) in [5.41, 5.74) is 0.0165. The minimum absolute atomic E-state index is 0.0165. The summed E-state index contributed by atoms with van der Waals surface area (Å²) in [7, 11) is 0. The Balaban J connectivity index is 3.60. The number of thiol groups is 1. The van der Waals surface area contributed by atoms with Crippen molar-refractivity contribution in [3.05, 3.63) is 5.56 Å². The molecule has 1 rings (SSSR count). The van der Waals surface area contributed by atoms with E-state index in [-0.39, 0.29) is 10.5 Å². The zero-order valence-electron chi connectivity index (χ0n) is 6.24. The molecule has 66 valence electrons. The third-order valence-corrected chi connectivity index (χ3v) is 2.03. The van der Waals surface area contributed by atoms with Crippen LogP contribution in [-0.2, 0) is 0 Å². The number of rotatable bonds is 0. The molecule has 0 unspecified atom stereocenters. The van der Waals surface area contributed by atoms with Gasteiger partial charge in [0.15, 0.2) is 23.0 Å². The number of hydrogen-bond donors (Lipinski definition) is 5. The summed E-state index contributed by atoms with van der Waals surface area (Å²) in [5.74, 6) is -2.03. The average Bonchev–Trinajstić information content (AvgIpc) is 2.08. The second-order valence-corrected chi connectivity index (χ2v) is 2.82. The molecule has 0 fully saturated rings. The molecule has 0 atom stereocenters. The molecule has 0 aliphatic carbocycles. The van der Waals surface area contributed by atoms with Gasteiger partial charge in [-0.05, 0) is 6.92 Å². The molecule has 0 radical (unpaired) electrons. The summed E-state index contributed by atoms with van der Waals surface area (Å²) in [5, 5.41) is 36.4. The fourth-order valence-corrected chi connectivity index (χ4v) is 1.02. The van der Waals surface area contributed by atoms with Gasteiger partial charge in [0.2, 0.25) is 0 Å². The van der Waals surface area contributed by atoms with Crippen LogP contribution in [0.15, 0.2) is 4.90 Å². The highest BCUT2D eigenvalue weighted by Crippen LogP contribution is 2.47. The smallest absolute Gasteiger partial charge is 0.175 e. The first-order chi connectivity index (χ1) is 5.46. The van der Waals surface area contributed by atoms with E-state index in [1.54, 1.807) is 0 Å². The Hall–Kier alpha value is -1.23. The van der Waals surface area contributed by atoms with Crippen LogP contribution in [0.25, 0.3) is 0 Å². The molecule has 0 amide bonds. The monoisotopic (exact) mass is 188 g/mol. The minimum Gasteiger partial charge on any atom is -0.504 e. The molecule has 0 aliphatic heterocycles. The molecule has 0 bridgehead atoms. The van der Waals surface area contributed by atoms with Crippen molar-refractivity contribution in [3.8, 4) is 23.0 Å². The van der Waals surface area contributed by atoms with Crippen molar-refractivity contribution in [3.63, 3.8) is 0 Å². The molecule has 0 aromatic heterocycles. The van der Waals surface area contributed by atoms with Crippen LogP contribution in [0.1, 0.15) is 5.56 Å². The van der Waals surface area contributed by atoms with Gasteiger partial charge >= 0.3 is 0 Å². The molecule has 4 nitrogen and oxygen atoms in total. The largest absolute Gasteiger partial charge is 0.504 e. The molecule has 0 spiro atoms. The zero-order chi connectivity index (χ0) is 9.46. The van der Waals surface area contributed by atoms with E-state index in [1.807, 2.05) is 0 Å². The molecule has 0 saturated heterocycles. The van der Waals surface area contributed by atoms with Gasteiger partial charge in [-0.2, -0.15) is 0 Å². The maximum absolute atomic E-state index is 9.12. The zero-order valence-corrected chi connectivity index (χ0v) is 7.13. The van der Waals surface area contributed by atoms with Gasteiger partial charge in [0, 0.05) is 5.56 Å². The lowest BCUT2D eigenvalue weighted by atomic mass is 10.1. The van der Waals surface area contributed by atoms with E-state index in [9.17, 15) is 0 Å². The van der Waals surface area contributed by atoms with Gasteiger partial charge in [-0.3, -0.25) is 0 Å². The first-order valence-electron chi connectivity index (χ1n) is 3.12. The lowest BCUT2D eigenvalue weighted by Gasteiger charge is -2.08. The molecular formula is C7H8O4S. The van der Waals surface area contributed by atoms with Crippen molar-refractivity contribution in [1.82, 2.24) is 0 Å². The van der Waals surface area contributed by atoms with Gasteiger partial charge in [0.1, 0.15) is 0 Å². The van der Waals surface area contributed by atoms with Crippen molar-refractivity contribution >= 4 is 12.6 Å². The van der Waals surface area contributed by atoms with E-state index in [0.717, 1.165) is 0 Å². The quantitative estimate of drug-likeness (QED) is 0.240. The molecule has 12 heavy (non-hydrogen) atoms. The van der Waals surface area contributed by atoms with E-state index >= 15 is 0 Å². The first kappa shape index (κ1) is 8.86. The maximum Gasteiger partial charge on any atom is 0.175 e. The molecule has 4 N–H and O–H groups in total. The Morgan fingerprint density at radius 1 is 0.833 bits per heavy atom. The second-order valence-electron chi connectivity index (χ2n) is 2.37. The minimum atomic E-state index is -0.536. The molecule has 1 aromatic carbocycles. The Bertz CT molecular complexity index is 230. The van der Waals surface area contributed by atoms with Gasteiger partial charge in [0.05, 0.1) is 4.90 Å². The number of aromatic hydroxyl groups is 4. The van der Waals surface area contributed by atoms with Crippen molar-refractivity contribution < 1.29 is 20.4 Å². The fraction of sp³-hybridized carbons (Fsp3) is 0.143. The number of phenolic OH excluding ortho intramolecular Hbond substituents is 4. The van der Waals surface area contributed by atoms with Gasteiger partial charge in [0.25, 0.3) is 0 Å². The van der Waals surface area contributed by atoms with Gasteiger partial charge in [-0.25, -0.2) is 0 Å². The Morgan fingerprint density at radius 2 is 1.17 bits per heavy atom.